The van der Waals surface area contributed by atoms with Crippen molar-refractivity contribution in [1.29, 1.82) is 0 Å². The maximum atomic E-state index is 2.48. The first kappa shape index (κ1) is 22.0. The molecule has 8 aromatic rings. The summed E-state index contributed by atoms with van der Waals surface area (Å²) in [5.74, 6) is 0. The number of para-hydroxylation sites is 3. The van der Waals surface area contributed by atoms with Gasteiger partial charge in [-0.15, -0.1) is 0 Å². The number of fused-ring (bicyclic) bond motifs is 12. The first-order chi connectivity index (χ1) is 19.6. The summed E-state index contributed by atoms with van der Waals surface area (Å²) in [7, 11) is 2.19. The zero-order valence-corrected chi connectivity index (χ0v) is 22.9. The fourth-order valence-corrected chi connectivity index (χ4v) is 7.73. The Labute approximate surface area is 232 Å². The minimum absolute atomic E-state index is 0.00669. The minimum atomic E-state index is -0.00669. The van der Waals surface area contributed by atoms with E-state index in [-0.39, 0.29) is 5.41 Å². The van der Waals surface area contributed by atoms with Crippen LogP contribution >= 0.6 is 0 Å². The van der Waals surface area contributed by atoms with E-state index in [9.17, 15) is 0 Å². The Kier molecular flexibility index (Phi) is 4.09. The normalized spacial score (nSPS) is 14.1. The van der Waals surface area contributed by atoms with E-state index in [1.807, 2.05) is 0 Å². The Morgan fingerprint density at radius 3 is 2.08 bits per heavy atom. The van der Waals surface area contributed by atoms with Gasteiger partial charge in [0.15, 0.2) is 0 Å². The van der Waals surface area contributed by atoms with Gasteiger partial charge < -0.3 is 9.13 Å². The molecular weight excluding hydrogens is 484 g/mol. The van der Waals surface area contributed by atoms with Crippen LogP contribution in [0.1, 0.15) is 25.0 Å². The summed E-state index contributed by atoms with van der Waals surface area (Å²) in [6, 6.07) is 42.8. The second kappa shape index (κ2) is 7.43. The zero-order valence-electron chi connectivity index (χ0n) is 22.9. The van der Waals surface area contributed by atoms with Crippen molar-refractivity contribution in [2.24, 2.45) is 7.05 Å². The number of benzene rings is 6. The first-order valence-electron chi connectivity index (χ1n) is 14.1. The van der Waals surface area contributed by atoms with Gasteiger partial charge in [-0.1, -0.05) is 105 Å². The highest BCUT2D eigenvalue weighted by Gasteiger charge is 2.36. The molecule has 2 aromatic heterocycles. The second-order valence-corrected chi connectivity index (χ2v) is 11.8. The van der Waals surface area contributed by atoms with Gasteiger partial charge in [0.1, 0.15) is 0 Å². The van der Waals surface area contributed by atoms with E-state index in [0.29, 0.717) is 0 Å². The molecule has 0 unspecified atom stereocenters. The van der Waals surface area contributed by atoms with Crippen LogP contribution in [0.15, 0.2) is 115 Å². The van der Waals surface area contributed by atoms with Crippen molar-refractivity contribution in [2.75, 3.05) is 0 Å². The monoisotopic (exact) mass is 512 g/mol. The van der Waals surface area contributed by atoms with Crippen molar-refractivity contribution in [3.05, 3.63) is 126 Å². The maximum Gasteiger partial charge on any atom is 0.0733 e. The number of rotatable bonds is 1. The lowest BCUT2D eigenvalue weighted by Crippen LogP contribution is -2.14. The molecule has 1 aliphatic carbocycles. The molecular formula is C38H28N2. The molecule has 0 saturated carbocycles. The molecule has 0 N–H and O–H groups in total. The van der Waals surface area contributed by atoms with Gasteiger partial charge in [-0.05, 0) is 57.3 Å². The van der Waals surface area contributed by atoms with Crippen molar-refractivity contribution in [1.82, 2.24) is 9.13 Å². The van der Waals surface area contributed by atoms with Crippen LogP contribution in [0.25, 0.3) is 71.2 Å². The molecule has 2 heteroatoms. The lowest BCUT2D eigenvalue weighted by molar-refractivity contribution is 0.661. The predicted molar refractivity (Wildman–Crippen MR) is 170 cm³/mol. The Morgan fingerprint density at radius 1 is 0.500 bits per heavy atom. The van der Waals surface area contributed by atoms with Crippen molar-refractivity contribution < 1.29 is 0 Å². The van der Waals surface area contributed by atoms with Crippen LogP contribution in [0.2, 0.25) is 0 Å². The average Bonchev–Trinajstić information content (AvgIpc) is 3.57. The maximum absolute atomic E-state index is 2.48. The van der Waals surface area contributed by atoms with Gasteiger partial charge in [0.2, 0.25) is 0 Å². The predicted octanol–water partition coefficient (Wildman–Crippen LogP) is 9.89. The molecule has 0 fully saturated rings. The molecule has 0 radical (unpaired) electrons. The van der Waals surface area contributed by atoms with E-state index < -0.39 is 0 Å². The smallest absolute Gasteiger partial charge is 0.0733 e. The summed E-state index contributed by atoms with van der Waals surface area (Å²) in [6.45, 7) is 4.72. The third kappa shape index (κ3) is 2.55. The Bertz CT molecular complexity index is 2360. The molecule has 0 spiro atoms. The Hall–Kier alpha value is -4.82. The van der Waals surface area contributed by atoms with E-state index in [4.69, 9.17) is 0 Å². The van der Waals surface area contributed by atoms with Gasteiger partial charge in [0.05, 0.1) is 22.2 Å². The third-order valence-electron chi connectivity index (χ3n) is 9.52. The van der Waals surface area contributed by atoms with Crippen LogP contribution in [0.5, 0.6) is 0 Å². The quantitative estimate of drug-likeness (QED) is 0.207. The lowest BCUT2D eigenvalue weighted by atomic mass is 9.82. The van der Waals surface area contributed by atoms with Crippen LogP contribution in [0, 0.1) is 0 Å². The van der Waals surface area contributed by atoms with E-state index in [1.165, 1.54) is 82.3 Å². The van der Waals surface area contributed by atoms with E-state index in [0.717, 1.165) is 0 Å². The topological polar surface area (TPSA) is 9.86 Å². The van der Waals surface area contributed by atoms with Gasteiger partial charge in [-0.2, -0.15) is 0 Å². The molecule has 2 heterocycles. The SMILES string of the molecule is Cn1c2ccccc2c2cccc(-n3c4ccccc4c4c5ccc6c(c5ccc43)-c3ccccc3C6(C)C)c21. The molecule has 0 saturated heterocycles. The molecule has 0 bridgehead atoms. The number of hydrogen-bond donors (Lipinski definition) is 0. The zero-order chi connectivity index (χ0) is 26.7. The number of aryl methyl sites for hydroxylation is 1. The van der Waals surface area contributed by atoms with Crippen molar-refractivity contribution in [2.45, 2.75) is 19.3 Å². The van der Waals surface area contributed by atoms with E-state index in [1.54, 1.807) is 0 Å². The standard InChI is InChI=1S/C38H28N2/c1-38(2)29-15-7-4-12-27(29)35-24-20-22-33-36(25(24)19-21-30(35)38)28-13-6-9-17-32(28)40(33)34-18-10-14-26-23-11-5-8-16-31(23)39(3)37(26)34/h4-22H,1-3H3. The van der Waals surface area contributed by atoms with Gasteiger partial charge in [-0.3, -0.25) is 0 Å². The lowest BCUT2D eigenvalue weighted by Gasteiger charge is -2.21. The summed E-state index contributed by atoms with van der Waals surface area (Å²) in [4.78, 5) is 0. The van der Waals surface area contributed by atoms with Crippen LogP contribution in [0.3, 0.4) is 0 Å². The minimum Gasteiger partial charge on any atom is -0.342 e. The summed E-state index contributed by atoms with van der Waals surface area (Å²) in [6.07, 6.45) is 0. The van der Waals surface area contributed by atoms with Gasteiger partial charge in [0, 0.05) is 39.5 Å². The Morgan fingerprint density at radius 2 is 1.20 bits per heavy atom. The van der Waals surface area contributed by atoms with Crippen molar-refractivity contribution >= 4 is 54.4 Å². The largest absolute Gasteiger partial charge is 0.342 e. The first-order valence-corrected chi connectivity index (χ1v) is 14.1. The molecule has 1 aliphatic rings. The number of hydrogen-bond acceptors (Lipinski definition) is 0. The van der Waals surface area contributed by atoms with Crippen LogP contribution in [-0.4, -0.2) is 9.13 Å². The van der Waals surface area contributed by atoms with Gasteiger partial charge >= 0.3 is 0 Å². The van der Waals surface area contributed by atoms with Crippen LogP contribution < -0.4 is 0 Å². The molecule has 9 rings (SSSR count). The molecule has 6 aromatic carbocycles. The highest BCUT2D eigenvalue weighted by Crippen LogP contribution is 2.52. The number of nitrogens with zero attached hydrogens (tertiary/aromatic N) is 2. The average molecular weight is 513 g/mol. The van der Waals surface area contributed by atoms with Crippen molar-refractivity contribution in [3.63, 3.8) is 0 Å². The van der Waals surface area contributed by atoms with Crippen LogP contribution in [0.4, 0.5) is 0 Å². The highest BCUT2D eigenvalue weighted by molar-refractivity contribution is 6.24. The second-order valence-electron chi connectivity index (χ2n) is 11.8. The van der Waals surface area contributed by atoms with E-state index >= 15 is 0 Å². The summed E-state index contributed by atoms with van der Waals surface area (Å²) in [5.41, 5.74) is 11.8. The highest BCUT2D eigenvalue weighted by atomic mass is 15.0. The molecule has 0 amide bonds. The van der Waals surface area contributed by atoms with Crippen LogP contribution in [-0.2, 0) is 12.5 Å². The molecule has 0 atom stereocenters. The fraction of sp³-hybridized carbons (Fsp3) is 0.105. The summed E-state index contributed by atoms with van der Waals surface area (Å²) >= 11 is 0. The molecule has 0 aliphatic heterocycles. The summed E-state index contributed by atoms with van der Waals surface area (Å²) < 4.78 is 4.84. The summed E-state index contributed by atoms with van der Waals surface area (Å²) in [5, 5.41) is 7.87. The van der Waals surface area contributed by atoms with Crippen molar-refractivity contribution in [3.8, 4) is 16.8 Å². The van der Waals surface area contributed by atoms with Gasteiger partial charge in [-0.25, -0.2) is 0 Å². The molecule has 40 heavy (non-hydrogen) atoms. The Balaban J connectivity index is 1.45. The fourth-order valence-electron chi connectivity index (χ4n) is 7.73. The van der Waals surface area contributed by atoms with E-state index in [2.05, 4.69) is 145 Å². The molecule has 2 nitrogen and oxygen atoms in total. The number of aromatic nitrogens is 2. The molecule has 190 valence electrons. The van der Waals surface area contributed by atoms with Gasteiger partial charge in [0.25, 0.3) is 0 Å². The third-order valence-corrected chi connectivity index (χ3v) is 9.52.